The Morgan fingerprint density at radius 1 is 0.754 bits per heavy atom. The highest BCUT2D eigenvalue weighted by Crippen LogP contribution is 2.34. The molecule has 320 valence electrons. The number of carbonyl (C=O) groups excluding carboxylic acids is 2. The van der Waals surface area contributed by atoms with E-state index in [0.29, 0.717) is 73.0 Å². The summed E-state index contributed by atoms with van der Waals surface area (Å²) < 4.78 is 32.3. The van der Waals surface area contributed by atoms with Crippen LogP contribution in [0.3, 0.4) is 0 Å². The lowest BCUT2D eigenvalue weighted by Gasteiger charge is -2.40. The molecular formula is C49H53Cl2FN4O5. The lowest BCUT2D eigenvalue weighted by molar-refractivity contribution is -0.137. The van der Waals surface area contributed by atoms with Gasteiger partial charge in [-0.1, -0.05) is 96.0 Å². The number of nitrogens with one attached hydrogen (secondary N) is 1. The molecule has 0 bridgehead atoms. The highest BCUT2D eigenvalue weighted by molar-refractivity contribution is 6.31. The fourth-order valence-corrected chi connectivity index (χ4v) is 8.60. The van der Waals surface area contributed by atoms with Crippen LogP contribution in [0.4, 0.5) is 9.18 Å². The fraction of sp³-hybridized carbons (Fsp3) is 0.347. The quantitative estimate of drug-likeness (QED) is 0.106. The van der Waals surface area contributed by atoms with E-state index in [9.17, 15) is 14.0 Å². The molecule has 0 radical (unpaired) electrons. The SMILES string of the molecule is CCOc1cccc(F)c1CN1CCN(C(=O)[C@H](NC(=O)OCc2ccccc2)C2CCN(CCc3cc(Cl)ccc3-c3cc(Cl)cc(OCc4ccccc4)c3)CC2)CC1. The van der Waals surface area contributed by atoms with E-state index < -0.39 is 12.1 Å². The summed E-state index contributed by atoms with van der Waals surface area (Å²) in [5.41, 5.74) is 5.55. The molecule has 2 fully saturated rings. The molecule has 2 heterocycles. The second-order valence-electron chi connectivity index (χ2n) is 15.6. The molecule has 1 N–H and O–H groups in total. The number of ether oxygens (including phenoxy) is 3. The van der Waals surface area contributed by atoms with Gasteiger partial charge in [0.2, 0.25) is 5.91 Å². The van der Waals surface area contributed by atoms with Gasteiger partial charge < -0.3 is 29.3 Å². The van der Waals surface area contributed by atoms with Crippen LogP contribution in [0.25, 0.3) is 11.1 Å². The number of rotatable bonds is 16. The van der Waals surface area contributed by atoms with E-state index in [1.54, 1.807) is 12.1 Å². The summed E-state index contributed by atoms with van der Waals surface area (Å²) in [5.74, 6) is 0.728. The van der Waals surface area contributed by atoms with E-state index in [1.165, 1.54) is 6.07 Å². The average molecular weight is 868 g/mol. The van der Waals surface area contributed by atoms with Gasteiger partial charge in [0.1, 0.15) is 36.6 Å². The number of hydrogen-bond acceptors (Lipinski definition) is 7. The number of hydrogen-bond donors (Lipinski definition) is 1. The summed E-state index contributed by atoms with van der Waals surface area (Å²) in [4.78, 5) is 34.0. The third kappa shape index (κ3) is 12.3. The number of halogens is 3. The van der Waals surface area contributed by atoms with E-state index in [4.69, 9.17) is 37.4 Å². The maximum atomic E-state index is 14.9. The first-order valence-corrected chi connectivity index (χ1v) is 21.8. The van der Waals surface area contributed by atoms with Crippen molar-refractivity contribution in [1.82, 2.24) is 20.0 Å². The summed E-state index contributed by atoms with van der Waals surface area (Å²) in [7, 11) is 0. The summed E-state index contributed by atoms with van der Waals surface area (Å²) >= 11 is 13.2. The van der Waals surface area contributed by atoms with Crippen molar-refractivity contribution in [3.8, 4) is 22.6 Å². The van der Waals surface area contributed by atoms with Crippen molar-refractivity contribution in [2.75, 3.05) is 52.4 Å². The van der Waals surface area contributed by atoms with E-state index in [2.05, 4.69) is 15.1 Å². The van der Waals surface area contributed by atoms with Gasteiger partial charge in [0.25, 0.3) is 0 Å². The number of piperidine rings is 1. The Balaban J connectivity index is 0.981. The van der Waals surface area contributed by atoms with Gasteiger partial charge in [0.05, 0.1) is 6.61 Å². The molecule has 5 aromatic rings. The number of alkyl carbamates (subject to hydrolysis) is 1. The number of piperazine rings is 1. The standard InChI is InChI=1S/C49H53Cl2FN4O5/c1-2-59-46-15-9-14-45(52)44(46)32-55-24-26-56(27-25-55)48(57)47(53-49(58)61-34-36-12-7-4-8-13-36)37-18-21-54(22-19-37)23-20-38-28-40(50)16-17-43(38)39-29-41(51)31-42(30-39)60-33-35-10-5-3-6-11-35/h3-17,28-31,37,47H,2,18-27,32-34H2,1H3,(H,53,58)/t47-/m1/s1. The highest BCUT2D eigenvalue weighted by Gasteiger charge is 2.37. The summed E-state index contributed by atoms with van der Waals surface area (Å²) in [6.45, 7) is 7.62. The molecule has 1 atom stereocenters. The van der Waals surface area contributed by atoms with Gasteiger partial charge >= 0.3 is 6.09 Å². The summed E-state index contributed by atoms with van der Waals surface area (Å²) in [6, 6.07) is 35.4. The molecule has 0 spiro atoms. The Morgan fingerprint density at radius 2 is 1.46 bits per heavy atom. The van der Waals surface area contributed by atoms with Crippen LogP contribution in [0.15, 0.2) is 115 Å². The maximum Gasteiger partial charge on any atom is 0.408 e. The second kappa shape index (κ2) is 21.6. The summed E-state index contributed by atoms with van der Waals surface area (Å²) in [5, 5.41) is 4.23. The van der Waals surface area contributed by atoms with E-state index in [0.717, 1.165) is 66.7 Å². The van der Waals surface area contributed by atoms with Crippen molar-refractivity contribution in [1.29, 1.82) is 0 Å². The van der Waals surface area contributed by atoms with Gasteiger partial charge in [-0.25, -0.2) is 9.18 Å². The molecule has 0 unspecified atom stereocenters. The normalized spacial score (nSPS) is 15.6. The first kappa shape index (κ1) is 43.9. The highest BCUT2D eigenvalue weighted by atomic mass is 35.5. The predicted octanol–water partition coefficient (Wildman–Crippen LogP) is 9.67. The van der Waals surface area contributed by atoms with Crippen LogP contribution in [-0.4, -0.2) is 85.2 Å². The van der Waals surface area contributed by atoms with Crippen LogP contribution < -0.4 is 14.8 Å². The molecule has 0 saturated carbocycles. The van der Waals surface area contributed by atoms with Crippen molar-refractivity contribution in [3.05, 3.63) is 153 Å². The number of amides is 2. The largest absolute Gasteiger partial charge is 0.493 e. The van der Waals surface area contributed by atoms with Crippen LogP contribution in [0.5, 0.6) is 11.5 Å². The Hall–Kier alpha value is -5.13. The Labute approximate surface area is 368 Å². The van der Waals surface area contributed by atoms with Crippen LogP contribution >= 0.6 is 23.2 Å². The van der Waals surface area contributed by atoms with Crippen molar-refractivity contribution in [2.45, 2.75) is 52.0 Å². The van der Waals surface area contributed by atoms with Crippen LogP contribution in [0.1, 0.15) is 42.0 Å². The zero-order valence-electron chi connectivity index (χ0n) is 34.5. The Bertz CT molecular complexity index is 2220. The molecule has 2 saturated heterocycles. The third-order valence-corrected chi connectivity index (χ3v) is 11.9. The molecule has 2 amide bonds. The Morgan fingerprint density at radius 3 is 2.16 bits per heavy atom. The zero-order chi connectivity index (χ0) is 42.6. The number of benzene rings is 5. The molecule has 0 aliphatic carbocycles. The molecule has 5 aromatic carbocycles. The van der Waals surface area contributed by atoms with Gasteiger partial charge in [0.15, 0.2) is 0 Å². The second-order valence-corrected chi connectivity index (χ2v) is 16.5. The van der Waals surface area contributed by atoms with Crippen molar-refractivity contribution >= 4 is 35.2 Å². The summed E-state index contributed by atoms with van der Waals surface area (Å²) in [6.07, 6.45) is 1.58. The van der Waals surface area contributed by atoms with E-state index >= 15 is 0 Å². The van der Waals surface area contributed by atoms with Crippen LogP contribution in [0, 0.1) is 11.7 Å². The first-order chi connectivity index (χ1) is 29.7. The van der Waals surface area contributed by atoms with Crippen molar-refractivity contribution in [3.63, 3.8) is 0 Å². The zero-order valence-corrected chi connectivity index (χ0v) is 36.1. The lowest BCUT2D eigenvalue weighted by atomic mass is 9.88. The van der Waals surface area contributed by atoms with Gasteiger partial charge in [-0.2, -0.15) is 0 Å². The minimum atomic E-state index is -0.742. The van der Waals surface area contributed by atoms with Gasteiger partial charge in [0, 0.05) is 54.9 Å². The molecule has 2 aliphatic rings. The first-order valence-electron chi connectivity index (χ1n) is 21.1. The monoisotopic (exact) mass is 866 g/mol. The smallest absolute Gasteiger partial charge is 0.408 e. The van der Waals surface area contributed by atoms with E-state index in [1.807, 2.05) is 109 Å². The average Bonchev–Trinajstić information content (AvgIpc) is 3.28. The lowest BCUT2D eigenvalue weighted by Crippen LogP contribution is -2.58. The Kier molecular flexibility index (Phi) is 15.6. The molecule has 61 heavy (non-hydrogen) atoms. The van der Waals surface area contributed by atoms with Crippen molar-refractivity contribution in [2.24, 2.45) is 5.92 Å². The number of likely N-dealkylation sites (tertiary alicyclic amines) is 1. The molecule has 2 aliphatic heterocycles. The minimum Gasteiger partial charge on any atom is -0.493 e. The molecule has 7 rings (SSSR count). The molecule has 0 aromatic heterocycles. The predicted molar refractivity (Wildman–Crippen MR) is 239 cm³/mol. The van der Waals surface area contributed by atoms with Gasteiger partial charge in [-0.15, -0.1) is 0 Å². The molecule has 9 nitrogen and oxygen atoms in total. The minimum absolute atomic E-state index is 0.0827. The molecular weight excluding hydrogens is 814 g/mol. The third-order valence-electron chi connectivity index (χ3n) is 11.5. The number of carbonyl (C=O) groups is 2. The van der Waals surface area contributed by atoms with Crippen LogP contribution in [0.2, 0.25) is 10.0 Å². The van der Waals surface area contributed by atoms with Crippen molar-refractivity contribution < 1.29 is 28.2 Å². The van der Waals surface area contributed by atoms with Crippen LogP contribution in [-0.2, 0) is 35.7 Å². The maximum absolute atomic E-state index is 14.9. The molecule has 12 heteroatoms. The topological polar surface area (TPSA) is 83.6 Å². The van der Waals surface area contributed by atoms with Gasteiger partial charge in [-0.05, 0) is 115 Å². The van der Waals surface area contributed by atoms with E-state index in [-0.39, 0.29) is 24.2 Å². The fourth-order valence-electron chi connectivity index (χ4n) is 8.18. The number of nitrogens with zero attached hydrogens (tertiary/aromatic N) is 3. The van der Waals surface area contributed by atoms with Gasteiger partial charge in [-0.3, -0.25) is 9.69 Å².